The fraction of sp³-hybridized carbons (Fsp3) is 0.733. The number of halogens is 1. The topological polar surface area (TPSA) is 72.9 Å². The minimum absolute atomic E-state index is 0.188. The first kappa shape index (κ1) is 16.3. The van der Waals surface area contributed by atoms with Gasteiger partial charge in [-0.25, -0.2) is 4.68 Å². The molecular weight excluding hydrogens is 288 g/mol. The van der Waals surface area contributed by atoms with Gasteiger partial charge in [0.15, 0.2) is 0 Å². The second kappa shape index (κ2) is 6.79. The molecule has 5 nitrogen and oxygen atoms in total. The number of aryl methyl sites for hydroxylation is 1. The average Bonchev–Trinajstić information content (AvgIpc) is 2.49. The summed E-state index contributed by atoms with van der Waals surface area (Å²) >= 11 is 6.24. The third kappa shape index (κ3) is 3.24. The Hall–Kier alpha value is -1.07. The molecule has 0 aromatic carbocycles. The van der Waals surface area contributed by atoms with Crippen molar-refractivity contribution < 1.29 is 0 Å². The SMILES string of the molecule is CCCn1ncc(NC2(CN)CCCCC2C)c(Cl)c1=O. The van der Waals surface area contributed by atoms with Gasteiger partial charge in [-0.05, 0) is 25.2 Å². The normalized spacial score (nSPS) is 25.8. The lowest BCUT2D eigenvalue weighted by molar-refractivity contribution is 0.235. The van der Waals surface area contributed by atoms with Crippen LogP contribution in [-0.2, 0) is 6.54 Å². The molecule has 0 saturated heterocycles. The fourth-order valence-corrected chi connectivity index (χ4v) is 3.34. The molecule has 0 aliphatic heterocycles. The van der Waals surface area contributed by atoms with E-state index in [0.717, 1.165) is 25.7 Å². The summed E-state index contributed by atoms with van der Waals surface area (Å²) < 4.78 is 1.41. The highest BCUT2D eigenvalue weighted by atomic mass is 35.5. The number of anilines is 1. The predicted molar refractivity (Wildman–Crippen MR) is 86.8 cm³/mol. The maximum Gasteiger partial charge on any atom is 0.287 e. The van der Waals surface area contributed by atoms with Gasteiger partial charge in [-0.1, -0.05) is 38.3 Å². The van der Waals surface area contributed by atoms with Crippen LogP contribution in [0, 0.1) is 5.92 Å². The lowest BCUT2D eigenvalue weighted by atomic mass is 9.73. The lowest BCUT2D eigenvalue weighted by Crippen LogP contribution is -2.52. The summed E-state index contributed by atoms with van der Waals surface area (Å²) in [5.74, 6) is 0.449. The van der Waals surface area contributed by atoms with Gasteiger partial charge in [-0.3, -0.25) is 4.79 Å². The van der Waals surface area contributed by atoms with Crippen molar-refractivity contribution in [1.29, 1.82) is 0 Å². The second-order valence-electron chi connectivity index (χ2n) is 6.03. The molecule has 0 radical (unpaired) electrons. The maximum atomic E-state index is 12.2. The average molecular weight is 313 g/mol. The van der Waals surface area contributed by atoms with E-state index in [2.05, 4.69) is 17.3 Å². The van der Waals surface area contributed by atoms with Gasteiger partial charge in [-0.15, -0.1) is 0 Å². The molecule has 118 valence electrons. The summed E-state index contributed by atoms with van der Waals surface area (Å²) in [7, 11) is 0. The van der Waals surface area contributed by atoms with Crippen molar-refractivity contribution in [3.63, 3.8) is 0 Å². The molecule has 2 atom stereocenters. The van der Waals surface area contributed by atoms with Crippen molar-refractivity contribution in [3.05, 3.63) is 21.6 Å². The number of nitrogens with two attached hydrogens (primary N) is 1. The molecule has 0 amide bonds. The number of hydrogen-bond acceptors (Lipinski definition) is 4. The van der Waals surface area contributed by atoms with Crippen molar-refractivity contribution >= 4 is 17.3 Å². The first-order valence-electron chi connectivity index (χ1n) is 7.78. The Morgan fingerprint density at radius 1 is 1.57 bits per heavy atom. The molecule has 1 aliphatic rings. The molecule has 3 N–H and O–H groups in total. The number of hydrogen-bond donors (Lipinski definition) is 2. The van der Waals surface area contributed by atoms with E-state index in [9.17, 15) is 4.79 Å². The van der Waals surface area contributed by atoms with Gasteiger partial charge in [0.05, 0.1) is 17.4 Å². The summed E-state index contributed by atoms with van der Waals surface area (Å²) in [4.78, 5) is 12.2. The monoisotopic (exact) mass is 312 g/mol. The molecule has 0 spiro atoms. The van der Waals surface area contributed by atoms with Gasteiger partial charge < -0.3 is 11.1 Å². The summed E-state index contributed by atoms with van der Waals surface area (Å²) in [5, 5.41) is 7.85. The van der Waals surface area contributed by atoms with E-state index >= 15 is 0 Å². The highest BCUT2D eigenvalue weighted by molar-refractivity contribution is 6.32. The molecule has 6 heteroatoms. The zero-order chi connectivity index (χ0) is 15.5. The number of nitrogens with zero attached hydrogens (tertiary/aromatic N) is 2. The van der Waals surface area contributed by atoms with Gasteiger partial charge in [0, 0.05) is 13.1 Å². The van der Waals surface area contributed by atoms with Gasteiger partial charge in [0.2, 0.25) is 0 Å². The van der Waals surface area contributed by atoms with Gasteiger partial charge in [0.25, 0.3) is 5.56 Å². The second-order valence-corrected chi connectivity index (χ2v) is 6.41. The lowest BCUT2D eigenvalue weighted by Gasteiger charge is -2.43. The van der Waals surface area contributed by atoms with Crippen LogP contribution < -0.4 is 16.6 Å². The molecule has 1 fully saturated rings. The van der Waals surface area contributed by atoms with Crippen LogP contribution in [0.3, 0.4) is 0 Å². The zero-order valence-electron chi connectivity index (χ0n) is 12.9. The van der Waals surface area contributed by atoms with Crippen LogP contribution in [0.15, 0.2) is 11.0 Å². The van der Waals surface area contributed by atoms with E-state index in [1.807, 2.05) is 6.92 Å². The van der Waals surface area contributed by atoms with Crippen molar-refractivity contribution in [3.8, 4) is 0 Å². The first-order chi connectivity index (χ1) is 10.0. The highest BCUT2D eigenvalue weighted by Crippen LogP contribution is 2.36. The summed E-state index contributed by atoms with van der Waals surface area (Å²) in [6.45, 7) is 5.32. The van der Waals surface area contributed by atoms with Crippen LogP contribution >= 0.6 is 11.6 Å². The van der Waals surface area contributed by atoms with Crippen LogP contribution in [-0.4, -0.2) is 21.9 Å². The molecule has 2 rings (SSSR count). The van der Waals surface area contributed by atoms with E-state index < -0.39 is 0 Å². The van der Waals surface area contributed by atoms with Crippen molar-refractivity contribution in [2.24, 2.45) is 11.7 Å². The zero-order valence-corrected chi connectivity index (χ0v) is 13.6. The minimum Gasteiger partial charge on any atom is -0.375 e. The third-order valence-corrected chi connectivity index (χ3v) is 4.99. The molecule has 21 heavy (non-hydrogen) atoms. The third-order valence-electron chi connectivity index (χ3n) is 4.62. The van der Waals surface area contributed by atoms with Gasteiger partial charge >= 0.3 is 0 Å². The summed E-state index contributed by atoms with van der Waals surface area (Å²) in [6, 6.07) is 0. The quantitative estimate of drug-likeness (QED) is 0.876. The van der Waals surface area contributed by atoms with E-state index in [1.54, 1.807) is 6.20 Å². The molecule has 2 unspecified atom stereocenters. The minimum atomic E-state index is -0.237. The Labute approximate surface area is 130 Å². The van der Waals surface area contributed by atoms with E-state index in [1.165, 1.54) is 11.1 Å². The largest absolute Gasteiger partial charge is 0.375 e. The Kier molecular flexibility index (Phi) is 5.27. The van der Waals surface area contributed by atoms with Crippen LogP contribution in [0.2, 0.25) is 5.02 Å². The molecule has 1 heterocycles. The molecule has 0 bridgehead atoms. The van der Waals surface area contributed by atoms with Crippen LogP contribution in [0.1, 0.15) is 46.0 Å². The predicted octanol–water partition coefficient (Wildman–Crippen LogP) is 2.63. The smallest absolute Gasteiger partial charge is 0.287 e. The van der Waals surface area contributed by atoms with Crippen LogP contribution in [0.25, 0.3) is 0 Å². The Morgan fingerprint density at radius 2 is 2.33 bits per heavy atom. The van der Waals surface area contributed by atoms with E-state index in [0.29, 0.717) is 24.7 Å². The number of aromatic nitrogens is 2. The van der Waals surface area contributed by atoms with Gasteiger partial charge in [0.1, 0.15) is 5.02 Å². The first-order valence-corrected chi connectivity index (χ1v) is 8.15. The van der Waals surface area contributed by atoms with Crippen molar-refractivity contribution in [2.45, 2.75) is 58.0 Å². The van der Waals surface area contributed by atoms with Crippen LogP contribution in [0.4, 0.5) is 5.69 Å². The Balaban J connectivity index is 2.30. The fourth-order valence-electron chi connectivity index (χ4n) is 3.15. The van der Waals surface area contributed by atoms with Crippen molar-refractivity contribution in [2.75, 3.05) is 11.9 Å². The Bertz CT molecular complexity index is 545. The standard InChI is InChI=1S/C15H25ClN4O/c1-3-8-20-14(21)13(16)12(9-18-20)19-15(10-17)7-5-4-6-11(15)2/h9,11,19H,3-8,10,17H2,1-2H3. The molecule has 1 aliphatic carbocycles. The summed E-state index contributed by atoms with van der Waals surface area (Å²) in [6.07, 6.45) is 7.01. The Morgan fingerprint density at radius 3 is 2.95 bits per heavy atom. The number of nitrogens with one attached hydrogen (secondary N) is 1. The van der Waals surface area contributed by atoms with E-state index in [4.69, 9.17) is 17.3 Å². The van der Waals surface area contributed by atoms with E-state index in [-0.39, 0.29) is 16.1 Å². The summed E-state index contributed by atoms with van der Waals surface area (Å²) in [5.41, 5.74) is 6.21. The molecule has 1 saturated carbocycles. The van der Waals surface area contributed by atoms with Gasteiger partial charge in [-0.2, -0.15) is 5.10 Å². The van der Waals surface area contributed by atoms with Crippen LogP contribution in [0.5, 0.6) is 0 Å². The highest BCUT2D eigenvalue weighted by Gasteiger charge is 2.37. The van der Waals surface area contributed by atoms with Crippen molar-refractivity contribution in [1.82, 2.24) is 9.78 Å². The number of rotatable bonds is 5. The molecule has 1 aromatic rings. The maximum absolute atomic E-state index is 12.2. The molecule has 1 aromatic heterocycles. The molecular formula is C15H25ClN4O.